The number of benzene rings is 4. The molecule has 6 rings (SSSR count). The molecule has 2 N–H and O–H groups in total. The predicted octanol–water partition coefficient (Wildman–Crippen LogP) is 6.49. The Balaban J connectivity index is 1.21. The van der Waals surface area contributed by atoms with Crippen molar-refractivity contribution in [1.82, 2.24) is 20.1 Å². The number of aliphatic hydroxyl groups excluding tert-OH is 1. The van der Waals surface area contributed by atoms with Gasteiger partial charge in [-0.25, -0.2) is 0 Å². The second kappa shape index (κ2) is 14.2. The fraction of sp³-hybridized carbons (Fsp3) is 0.250. The number of aliphatic hydroxyl groups is 1. The Hall–Kier alpha value is -4.28. The fourth-order valence-corrected chi connectivity index (χ4v) is 6.56. The molecule has 9 heteroatoms. The lowest BCUT2D eigenvalue weighted by Gasteiger charge is -2.41. The van der Waals surface area contributed by atoms with Gasteiger partial charge < -0.3 is 24.5 Å². The number of nitrogens with zero attached hydrogens (tertiary/aromatic N) is 3. The molecular weight excluding hydrogens is 584 g/mol. The van der Waals surface area contributed by atoms with Crippen molar-refractivity contribution in [1.29, 1.82) is 0 Å². The lowest BCUT2D eigenvalue weighted by molar-refractivity contribution is -0.268. The van der Waals surface area contributed by atoms with Gasteiger partial charge in [0.2, 0.25) is 0 Å². The van der Waals surface area contributed by atoms with Crippen LogP contribution < -0.4 is 5.32 Å². The zero-order valence-electron chi connectivity index (χ0n) is 25.2. The van der Waals surface area contributed by atoms with Gasteiger partial charge in [0.1, 0.15) is 6.33 Å². The molecule has 1 aliphatic heterocycles. The Morgan fingerprint density at radius 2 is 1.62 bits per heavy atom. The topological polar surface area (TPSA) is 98.5 Å². The monoisotopic (exact) mass is 620 g/mol. The van der Waals surface area contributed by atoms with E-state index >= 15 is 0 Å². The van der Waals surface area contributed by atoms with Crippen molar-refractivity contribution in [2.24, 2.45) is 13.0 Å². The van der Waals surface area contributed by atoms with Crippen LogP contribution in [0.15, 0.2) is 115 Å². The van der Waals surface area contributed by atoms with Crippen LogP contribution >= 0.6 is 11.8 Å². The number of amides is 1. The minimum absolute atomic E-state index is 0.00106. The number of aryl methyl sites for hydroxylation is 1. The van der Waals surface area contributed by atoms with Gasteiger partial charge in [-0.1, -0.05) is 110 Å². The summed E-state index contributed by atoms with van der Waals surface area (Å²) in [5.41, 5.74) is 6.59. The highest BCUT2D eigenvalue weighted by molar-refractivity contribution is 7.99. The molecule has 4 aromatic carbocycles. The van der Waals surface area contributed by atoms with E-state index in [0.717, 1.165) is 38.5 Å². The van der Waals surface area contributed by atoms with E-state index in [1.807, 2.05) is 96.5 Å². The third kappa shape index (κ3) is 7.18. The maximum absolute atomic E-state index is 12.7. The first kappa shape index (κ1) is 30.7. The molecule has 1 aliphatic rings. The van der Waals surface area contributed by atoms with Crippen LogP contribution in [0.4, 0.5) is 0 Å². The van der Waals surface area contributed by atoms with E-state index in [1.165, 1.54) is 0 Å². The Morgan fingerprint density at radius 3 is 2.33 bits per heavy atom. The van der Waals surface area contributed by atoms with Crippen LogP contribution in [0.2, 0.25) is 0 Å². The van der Waals surface area contributed by atoms with Crippen molar-refractivity contribution in [2.45, 2.75) is 43.7 Å². The highest BCUT2D eigenvalue weighted by Crippen LogP contribution is 2.43. The summed E-state index contributed by atoms with van der Waals surface area (Å²) in [6.45, 7) is 2.57. The summed E-state index contributed by atoms with van der Waals surface area (Å²) in [4.78, 5) is 12.7. The first-order chi connectivity index (χ1) is 22.0. The zero-order chi connectivity index (χ0) is 31.2. The van der Waals surface area contributed by atoms with Gasteiger partial charge in [-0.2, -0.15) is 0 Å². The van der Waals surface area contributed by atoms with E-state index in [9.17, 15) is 9.90 Å². The smallest absolute Gasteiger partial charge is 0.251 e. The standard InChI is InChI=1S/C36H36N4O4S/c1-24-32(22-45-36-39-38-23-40(36)2)43-35(44-33(24)27-14-12-25(21-41)13-15-27)29-18-16-26(17-19-29)31-11-7-6-10-30(31)20-37-34(42)28-8-4-3-5-9-28/h3-19,23-24,32-33,35,41H,20-22H2,1-2H3,(H,37,42). The van der Waals surface area contributed by atoms with Gasteiger partial charge in [-0.15, -0.1) is 10.2 Å². The van der Waals surface area contributed by atoms with Crippen molar-refractivity contribution in [3.05, 3.63) is 137 Å². The molecule has 45 heavy (non-hydrogen) atoms. The molecular formula is C36H36N4O4S. The molecule has 1 amide bonds. The van der Waals surface area contributed by atoms with Gasteiger partial charge in [0, 0.05) is 36.4 Å². The van der Waals surface area contributed by atoms with E-state index < -0.39 is 6.29 Å². The lowest BCUT2D eigenvalue weighted by atomic mass is 9.91. The molecule has 0 aliphatic carbocycles. The summed E-state index contributed by atoms with van der Waals surface area (Å²) in [7, 11) is 1.93. The summed E-state index contributed by atoms with van der Waals surface area (Å²) in [6.07, 6.45) is 0.821. The van der Waals surface area contributed by atoms with Crippen LogP contribution in [0.5, 0.6) is 0 Å². The number of hydrogen-bond acceptors (Lipinski definition) is 7. The van der Waals surface area contributed by atoms with E-state index in [2.05, 4.69) is 40.6 Å². The maximum Gasteiger partial charge on any atom is 0.251 e. The van der Waals surface area contributed by atoms with Gasteiger partial charge in [0.15, 0.2) is 11.4 Å². The van der Waals surface area contributed by atoms with Crippen LogP contribution in [0.3, 0.4) is 0 Å². The second-order valence-corrected chi connectivity index (χ2v) is 12.2. The highest BCUT2D eigenvalue weighted by Gasteiger charge is 2.38. The second-order valence-electron chi connectivity index (χ2n) is 11.2. The molecule has 0 radical (unpaired) electrons. The van der Waals surface area contributed by atoms with Crippen molar-refractivity contribution < 1.29 is 19.4 Å². The predicted molar refractivity (Wildman–Crippen MR) is 174 cm³/mol. The van der Waals surface area contributed by atoms with Gasteiger partial charge >= 0.3 is 0 Å². The third-order valence-electron chi connectivity index (χ3n) is 8.16. The number of thioether (sulfide) groups is 1. The molecule has 230 valence electrons. The number of carbonyl (C=O) groups excluding carboxylic acids is 1. The summed E-state index contributed by atoms with van der Waals surface area (Å²) < 4.78 is 15.1. The first-order valence-electron chi connectivity index (χ1n) is 15.0. The van der Waals surface area contributed by atoms with Crippen LogP contribution in [0.1, 0.15) is 51.9 Å². The molecule has 1 fully saturated rings. The average Bonchev–Trinajstić information content (AvgIpc) is 3.51. The molecule has 0 saturated carbocycles. The number of carbonyl (C=O) groups is 1. The zero-order valence-corrected chi connectivity index (χ0v) is 26.1. The lowest BCUT2D eigenvalue weighted by Crippen LogP contribution is -2.38. The quantitative estimate of drug-likeness (QED) is 0.172. The summed E-state index contributed by atoms with van der Waals surface area (Å²) in [6, 6.07) is 33.5. The highest BCUT2D eigenvalue weighted by atomic mass is 32.2. The Kier molecular flexibility index (Phi) is 9.71. The molecule has 1 aromatic heterocycles. The number of aromatic nitrogens is 3. The van der Waals surface area contributed by atoms with Crippen molar-refractivity contribution in [2.75, 3.05) is 5.75 Å². The van der Waals surface area contributed by atoms with Crippen LogP contribution in [0.25, 0.3) is 11.1 Å². The molecule has 0 bridgehead atoms. The van der Waals surface area contributed by atoms with E-state index in [1.54, 1.807) is 18.1 Å². The minimum atomic E-state index is -0.566. The normalized spacial score (nSPS) is 19.7. The van der Waals surface area contributed by atoms with E-state index in [-0.39, 0.29) is 30.6 Å². The van der Waals surface area contributed by atoms with Crippen molar-refractivity contribution in [3.63, 3.8) is 0 Å². The number of ether oxygens (including phenoxy) is 2. The molecule has 4 atom stereocenters. The SMILES string of the molecule is CC1C(CSc2nncn2C)OC(c2ccc(-c3ccccc3CNC(=O)c3ccccc3)cc2)OC1c1ccc(CO)cc1. The van der Waals surface area contributed by atoms with Gasteiger partial charge in [0.05, 0.1) is 18.8 Å². The molecule has 2 heterocycles. The van der Waals surface area contributed by atoms with Gasteiger partial charge in [-0.3, -0.25) is 4.79 Å². The van der Waals surface area contributed by atoms with Gasteiger partial charge in [-0.05, 0) is 39.9 Å². The molecule has 0 spiro atoms. The Labute approximate surface area is 267 Å². The Bertz CT molecular complexity index is 1710. The Morgan fingerprint density at radius 1 is 0.911 bits per heavy atom. The number of hydrogen-bond donors (Lipinski definition) is 2. The molecule has 1 saturated heterocycles. The van der Waals surface area contributed by atoms with Crippen LogP contribution in [0, 0.1) is 5.92 Å². The van der Waals surface area contributed by atoms with Crippen LogP contribution in [-0.4, -0.2) is 37.6 Å². The third-order valence-corrected chi connectivity index (χ3v) is 9.28. The largest absolute Gasteiger partial charge is 0.392 e. The molecule has 5 aromatic rings. The van der Waals surface area contributed by atoms with Crippen LogP contribution in [-0.2, 0) is 29.7 Å². The van der Waals surface area contributed by atoms with Crippen molar-refractivity contribution >= 4 is 17.7 Å². The fourth-order valence-electron chi connectivity index (χ4n) is 5.51. The molecule has 4 unspecified atom stereocenters. The summed E-state index contributed by atoms with van der Waals surface area (Å²) in [5, 5.41) is 21.7. The molecule has 8 nitrogen and oxygen atoms in total. The minimum Gasteiger partial charge on any atom is -0.392 e. The number of rotatable bonds is 10. The average molecular weight is 621 g/mol. The maximum atomic E-state index is 12.7. The first-order valence-corrected chi connectivity index (χ1v) is 16.0. The summed E-state index contributed by atoms with van der Waals surface area (Å²) in [5.74, 6) is 0.659. The van der Waals surface area contributed by atoms with Gasteiger partial charge in [0.25, 0.3) is 5.91 Å². The summed E-state index contributed by atoms with van der Waals surface area (Å²) >= 11 is 1.62. The van der Waals surface area contributed by atoms with E-state index in [4.69, 9.17) is 9.47 Å². The van der Waals surface area contributed by atoms with E-state index in [0.29, 0.717) is 17.9 Å². The van der Waals surface area contributed by atoms with Crippen molar-refractivity contribution in [3.8, 4) is 11.1 Å². The number of nitrogens with one attached hydrogen (secondary N) is 1.